The fourth-order valence-corrected chi connectivity index (χ4v) is 4.69. The summed E-state index contributed by atoms with van der Waals surface area (Å²) in [6, 6.07) is 9.73. The van der Waals surface area contributed by atoms with Crippen molar-refractivity contribution in [1.82, 2.24) is 4.90 Å². The predicted octanol–water partition coefficient (Wildman–Crippen LogP) is 2.78. The van der Waals surface area contributed by atoms with Gasteiger partial charge in [0, 0.05) is 0 Å². The number of carbonyl (C=O) groups is 2. The number of hydrogen-bond acceptors (Lipinski definition) is 2. The molecule has 0 radical (unpaired) electrons. The molecule has 1 aromatic rings. The highest BCUT2D eigenvalue weighted by Crippen LogP contribution is 2.57. The van der Waals surface area contributed by atoms with Crippen molar-refractivity contribution in [2.24, 2.45) is 23.7 Å². The van der Waals surface area contributed by atoms with E-state index in [4.69, 9.17) is 0 Å². The van der Waals surface area contributed by atoms with Crippen molar-refractivity contribution in [1.29, 1.82) is 0 Å². The smallest absolute Gasteiger partial charge is 0.233 e. The summed E-state index contributed by atoms with van der Waals surface area (Å²) < 4.78 is 0. The number of likely N-dealkylation sites (tertiary alicyclic amines) is 1. The monoisotopic (exact) mass is 269 g/mol. The summed E-state index contributed by atoms with van der Waals surface area (Å²) in [7, 11) is 0. The minimum atomic E-state index is -0.138. The third-order valence-electron chi connectivity index (χ3n) is 5.63. The fraction of sp³-hybridized carbons (Fsp3) is 0.529. The summed E-state index contributed by atoms with van der Waals surface area (Å²) in [5, 5.41) is 0. The summed E-state index contributed by atoms with van der Waals surface area (Å²) in [5.74, 6) is 1.09. The van der Waals surface area contributed by atoms with Gasteiger partial charge in [0.2, 0.25) is 11.8 Å². The van der Waals surface area contributed by atoms with Gasteiger partial charge in [0.25, 0.3) is 0 Å². The molecule has 0 spiro atoms. The average Bonchev–Trinajstić information content (AvgIpc) is 3.14. The lowest BCUT2D eigenvalue weighted by atomic mass is 9.81. The normalized spacial score (nSPS) is 36.5. The number of benzene rings is 1. The number of imide groups is 1. The molecule has 4 rings (SSSR count). The van der Waals surface area contributed by atoms with Crippen LogP contribution in [0.4, 0.5) is 0 Å². The SMILES string of the molecule is C[C@@H](c1ccccc1)N1C(=O)[C@@H]2[C@H]3CC[C@H](C3)[C@@H]2C1=O. The van der Waals surface area contributed by atoms with Gasteiger partial charge in [-0.1, -0.05) is 30.3 Å². The van der Waals surface area contributed by atoms with Crippen molar-refractivity contribution < 1.29 is 9.59 Å². The van der Waals surface area contributed by atoms with Crippen LogP contribution in [0.2, 0.25) is 0 Å². The zero-order valence-corrected chi connectivity index (χ0v) is 11.7. The van der Waals surface area contributed by atoms with E-state index in [-0.39, 0.29) is 29.7 Å². The summed E-state index contributed by atoms with van der Waals surface area (Å²) >= 11 is 0. The zero-order valence-electron chi connectivity index (χ0n) is 11.7. The lowest BCUT2D eigenvalue weighted by Crippen LogP contribution is -2.35. The molecule has 1 saturated heterocycles. The number of fused-ring (bicyclic) bond motifs is 5. The van der Waals surface area contributed by atoms with Crippen molar-refractivity contribution in [2.75, 3.05) is 0 Å². The van der Waals surface area contributed by atoms with Gasteiger partial charge in [-0.15, -0.1) is 0 Å². The standard InChI is InChI=1S/C17H19NO2/c1-10(11-5-3-2-4-6-11)18-16(19)14-12-7-8-13(9-12)15(14)17(18)20/h2-6,10,12-15H,7-9H2,1H3/t10-,12-,13+,14+,15-/m0/s1. The molecule has 1 aliphatic heterocycles. The second-order valence-corrected chi connectivity index (χ2v) is 6.52. The lowest BCUT2D eigenvalue weighted by Gasteiger charge is -2.24. The van der Waals surface area contributed by atoms with Gasteiger partial charge >= 0.3 is 0 Å². The Bertz CT molecular complexity index is 540. The molecule has 3 heteroatoms. The van der Waals surface area contributed by atoms with E-state index >= 15 is 0 Å². The first-order chi connectivity index (χ1) is 9.68. The maximum Gasteiger partial charge on any atom is 0.233 e. The van der Waals surface area contributed by atoms with Crippen LogP contribution in [-0.2, 0) is 9.59 Å². The summed E-state index contributed by atoms with van der Waals surface area (Å²) in [4.78, 5) is 27.0. The van der Waals surface area contributed by atoms with Gasteiger partial charge in [0.05, 0.1) is 17.9 Å². The van der Waals surface area contributed by atoms with Crippen LogP contribution in [0.25, 0.3) is 0 Å². The van der Waals surface area contributed by atoms with Crippen molar-refractivity contribution in [3.05, 3.63) is 35.9 Å². The minimum Gasteiger partial charge on any atom is -0.275 e. The van der Waals surface area contributed by atoms with Crippen LogP contribution in [0.1, 0.15) is 37.8 Å². The minimum absolute atomic E-state index is 0.00703. The first-order valence-electron chi connectivity index (χ1n) is 7.60. The molecule has 5 atom stereocenters. The van der Waals surface area contributed by atoms with E-state index in [2.05, 4.69) is 0 Å². The number of nitrogens with zero attached hydrogens (tertiary/aromatic N) is 1. The second-order valence-electron chi connectivity index (χ2n) is 6.52. The lowest BCUT2D eigenvalue weighted by molar-refractivity contribution is -0.143. The van der Waals surface area contributed by atoms with Crippen molar-refractivity contribution in [2.45, 2.75) is 32.2 Å². The highest BCUT2D eigenvalue weighted by molar-refractivity contribution is 6.06. The molecule has 1 aromatic carbocycles. The first-order valence-corrected chi connectivity index (χ1v) is 7.60. The van der Waals surface area contributed by atoms with Crippen molar-refractivity contribution >= 4 is 11.8 Å². The molecule has 1 heterocycles. The zero-order chi connectivity index (χ0) is 13.9. The van der Waals surface area contributed by atoms with E-state index in [0.717, 1.165) is 24.8 Å². The topological polar surface area (TPSA) is 37.4 Å². The molecule has 2 saturated carbocycles. The predicted molar refractivity (Wildman–Crippen MR) is 74.5 cm³/mol. The van der Waals surface area contributed by atoms with Gasteiger partial charge in [-0.3, -0.25) is 14.5 Å². The Morgan fingerprint density at radius 2 is 1.55 bits per heavy atom. The Hall–Kier alpha value is -1.64. The number of hydrogen-bond donors (Lipinski definition) is 0. The second kappa shape index (κ2) is 4.18. The van der Waals surface area contributed by atoms with E-state index in [9.17, 15) is 9.59 Å². The van der Waals surface area contributed by atoms with Gasteiger partial charge in [-0.25, -0.2) is 0 Å². The molecule has 0 unspecified atom stereocenters. The molecule has 0 N–H and O–H groups in total. The molecule has 104 valence electrons. The third kappa shape index (κ3) is 1.46. The highest BCUT2D eigenvalue weighted by Gasteiger charge is 2.61. The Kier molecular flexibility index (Phi) is 2.53. The molecule has 2 bridgehead atoms. The van der Waals surface area contributed by atoms with Crippen LogP contribution in [-0.4, -0.2) is 16.7 Å². The molecule has 20 heavy (non-hydrogen) atoms. The maximum absolute atomic E-state index is 12.7. The quantitative estimate of drug-likeness (QED) is 0.774. The molecule has 0 aromatic heterocycles. The van der Waals surface area contributed by atoms with Crippen LogP contribution in [0.3, 0.4) is 0 Å². The Balaban J connectivity index is 1.67. The largest absolute Gasteiger partial charge is 0.275 e. The Morgan fingerprint density at radius 3 is 2.10 bits per heavy atom. The van der Waals surface area contributed by atoms with Gasteiger partial charge in [-0.2, -0.15) is 0 Å². The van der Waals surface area contributed by atoms with E-state index in [1.54, 1.807) is 4.90 Å². The summed E-state index contributed by atoms with van der Waals surface area (Å²) in [6.07, 6.45) is 3.37. The van der Waals surface area contributed by atoms with Gasteiger partial charge in [0.15, 0.2) is 0 Å². The van der Waals surface area contributed by atoms with E-state index in [0.29, 0.717) is 11.8 Å². The Labute approximate surface area is 119 Å². The molecule has 2 amide bonds. The van der Waals surface area contributed by atoms with E-state index < -0.39 is 0 Å². The van der Waals surface area contributed by atoms with Gasteiger partial charge in [-0.05, 0) is 43.6 Å². The average molecular weight is 269 g/mol. The first kappa shape index (κ1) is 12.1. The van der Waals surface area contributed by atoms with Crippen molar-refractivity contribution in [3.63, 3.8) is 0 Å². The number of amides is 2. The molecular weight excluding hydrogens is 250 g/mol. The molecule has 2 aliphatic carbocycles. The van der Waals surface area contributed by atoms with Crippen molar-refractivity contribution in [3.8, 4) is 0 Å². The number of carbonyl (C=O) groups excluding carboxylic acids is 2. The summed E-state index contributed by atoms with van der Waals surface area (Å²) in [5.41, 5.74) is 1.04. The number of rotatable bonds is 2. The molecule has 3 nitrogen and oxygen atoms in total. The van der Waals surface area contributed by atoms with Crippen LogP contribution in [0.5, 0.6) is 0 Å². The van der Waals surface area contributed by atoms with Crippen LogP contribution in [0.15, 0.2) is 30.3 Å². The maximum atomic E-state index is 12.7. The molecule has 3 fully saturated rings. The van der Waals surface area contributed by atoms with Gasteiger partial charge < -0.3 is 0 Å². The van der Waals surface area contributed by atoms with Crippen LogP contribution < -0.4 is 0 Å². The van der Waals surface area contributed by atoms with E-state index in [1.807, 2.05) is 37.3 Å². The fourth-order valence-electron chi connectivity index (χ4n) is 4.69. The molecular formula is C17H19NO2. The molecule has 3 aliphatic rings. The highest BCUT2D eigenvalue weighted by atomic mass is 16.2. The van der Waals surface area contributed by atoms with Gasteiger partial charge in [0.1, 0.15) is 0 Å². The Morgan fingerprint density at radius 1 is 1.00 bits per heavy atom. The van der Waals surface area contributed by atoms with Crippen LogP contribution in [0, 0.1) is 23.7 Å². The summed E-state index contributed by atoms with van der Waals surface area (Å²) in [6.45, 7) is 1.97. The van der Waals surface area contributed by atoms with Crippen LogP contribution >= 0.6 is 0 Å². The third-order valence-corrected chi connectivity index (χ3v) is 5.63. The van der Waals surface area contributed by atoms with E-state index in [1.165, 1.54) is 0 Å².